The molecule has 4 rings (SSSR count). The van der Waals surface area contributed by atoms with Crippen LogP contribution in [-0.4, -0.2) is 16.7 Å². The molecule has 0 atom stereocenters. The third-order valence-corrected chi connectivity index (χ3v) is 5.61. The number of carbonyl (C=O) groups is 1. The lowest BCUT2D eigenvalue weighted by Gasteiger charge is -2.06. The number of carbonyl (C=O) groups excluding carboxylic acids is 1. The Morgan fingerprint density at radius 1 is 1.07 bits per heavy atom. The Bertz CT molecular complexity index is 1230. The number of hydrogen-bond acceptors (Lipinski definition) is 2. The highest BCUT2D eigenvalue weighted by Gasteiger charge is 2.13. The molecule has 6 heteroatoms. The van der Waals surface area contributed by atoms with E-state index in [0.29, 0.717) is 27.3 Å². The first kappa shape index (κ1) is 19.4. The summed E-state index contributed by atoms with van der Waals surface area (Å²) in [5, 5.41) is 1.67. The van der Waals surface area contributed by atoms with E-state index in [1.165, 1.54) is 5.56 Å². The molecule has 1 heterocycles. The molecule has 0 saturated heterocycles. The van der Waals surface area contributed by atoms with Gasteiger partial charge in [0.2, 0.25) is 0 Å². The maximum Gasteiger partial charge on any atom is 0.250 e. The molecule has 0 bridgehead atoms. The summed E-state index contributed by atoms with van der Waals surface area (Å²) < 4.78 is 2.82. The summed E-state index contributed by atoms with van der Waals surface area (Å²) in [6, 6.07) is 21.3. The number of fused-ring (bicyclic) bond motifs is 1. The van der Waals surface area contributed by atoms with E-state index in [4.69, 9.17) is 17.3 Å². The van der Waals surface area contributed by atoms with E-state index in [0.717, 1.165) is 16.5 Å². The number of halogens is 2. The highest BCUT2D eigenvalue weighted by atomic mass is 79.9. The predicted molar refractivity (Wildman–Crippen MR) is 122 cm³/mol. The van der Waals surface area contributed by atoms with Crippen molar-refractivity contribution in [3.8, 4) is 0 Å². The van der Waals surface area contributed by atoms with Crippen molar-refractivity contribution >= 4 is 56.2 Å². The minimum atomic E-state index is -0.520. The molecule has 0 aliphatic carbocycles. The Morgan fingerprint density at radius 2 is 1.83 bits per heavy atom. The third-order valence-electron chi connectivity index (χ3n) is 4.66. The van der Waals surface area contributed by atoms with Gasteiger partial charge in [-0.05, 0) is 39.7 Å². The minimum Gasteiger partial charge on any atom is -0.366 e. The van der Waals surface area contributed by atoms with Crippen LogP contribution in [0.5, 0.6) is 0 Å². The van der Waals surface area contributed by atoms with Gasteiger partial charge in [-0.2, -0.15) is 0 Å². The second-order valence-corrected chi connectivity index (χ2v) is 7.85. The van der Waals surface area contributed by atoms with Crippen molar-refractivity contribution in [2.75, 3.05) is 0 Å². The van der Waals surface area contributed by atoms with Gasteiger partial charge in [-0.1, -0.05) is 60.1 Å². The van der Waals surface area contributed by atoms with Gasteiger partial charge in [0.15, 0.2) is 0 Å². The van der Waals surface area contributed by atoms with Gasteiger partial charge in [-0.25, -0.2) is 0 Å². The first-order chi connectivity index (χ1) is 14.0. The largest absolute Gasteiger partial charge is 0.366 e. The lowest BCUT2D eigenvalue weighted by atomic mass is 10.1. The molecular weight excluding hydrogens is 450 g/mol. The van der Waals surface area contributed by atoms with Gasteiger partial charge in [-0.15, -0.1) is 0 Å². The molecule has 0 aliphatic heterocycles. The molecule has 0 unspecified atom stereocenters. The van der Waals surface area contributed by atoms with Crippen molar-refractivity contribution in [2.24, 2.45) is 10.7 Å². The fourth-order valence-electron chi connectivity index (χ4n) is 3.33. The number of aliphatic imine (C=N–C) groups is 1. The zero-order chi connectivity index (χ0) is 20.4. The van der Waals surface area contributed by atoms with Gasteiger partial charge in [0.1, 0.15) is 0 Å². The molecular formula is C23H17BrClN3O. The fraction of sp³-hybridized carbons (Fsp3) is 0.0435. The summed E-state index contributed by atoms with van der Waals surface area (Å²) in [6.45, 7) is 0.691. The van der Waals surface area contributed by atoms with E-state index in [1.807, 2.05) is 48.7 Å². The molecule has 29 heavy (non-hydrogen) atoms. The molecule has 2 N–H and O–H groups in total. The fourth-order valence-corrected chi connectivity index (χ4v) is 4.08. The van der Waals surface area contributed by atoms with E-state index >= 15 is 0 Å². The lowest BCUT2D eigenvalue weighted by Crippen LogP contribution is -2.11. The van der Waals surface area contributed by atoms with Crippen LogP contribution >= 0.6 is 27.5 Å². The average molecular weight is 467 g/mol. The van der Waals surface area contributed by atoms with E-state index < -0.39 is 5.91 Å². The molecule has 0 fully saturated rings. The van der Waals surface area contributed by atoms with Gasteiger partial charge in [0.05, 0.1) is 21.8 Å². The molecule has 144 valence electrons. The standard InChI is InChI=1S/C23H17BrClN3O/c24-19-10-4-9-18(23(26)29)21(19)27-12-16-14-28(13-15-6-2-1-3-7-15)22-17(16)8-5-11-20(22)25/h1-12,14H,13H2,(H2,26,29)/b27-12+. The minimum absolute atomic E-state index is 0.363. The summed E-state index contributed by atoms with van der Waals surface area (Å²) in [5.74, 6) is -0.520. The van der Waals surface area contributed by atoms with Gasteiger partial charge >= 0.3 is 0 Å². The van der Waals surface area contributed by atoms with Crippen LogP contribution in [0.3, 0.4) is 0 Å². The Balaban J connectivity index is 1.81. The number of benzene rings is 3. The van der Waals surface area contributed by atoms with Crippen molar-refractivity contribution in [2.45, 2.75) is 6.54 Å². The molecule has 1 amide bonds. The van der Waals surface area contributed by atoms with Crippen molar-refractivity contribution in [1.82, 2.24) is 4.57 Å². The van der Waals surface area contributed by atoms with Crippen molar-refractivity contribution < 1.29 is 4.79 Å². The lowest BCUT2D eigenvalue weighted by molar-refractivity contribution is 0.100. The number of nitrogens with zero attached hydrogens (tertiary/aromatic N) is 2. The van der Waals surface area contributed by atoms with E-state index in [-0.39, 0.29) is 0 Å². The van der Waals surface area contributed by atoms with Crippen LogP contribution in [0, 0.1) is 0 Å². The van der Waals surface area contributed by atoms with Gasteiger partial charge in [-0.3, -0.25) is 9.79 Å². The highest BCUT2D eigenvalue weighted by molar-refractivity contribution is 9.10. The van der Waals surface area contributed by atoms with Crippen molar-refractivity contribution in [3.63, 3.8) is 0 Å². The molecule has 1 aromatic heterocycles. The van der Waals surface area contributed by atoms with Crippen LogP contribution in [0.15, 0.2) is 82.4 Å². The monoisotopic (exact) mass is 465 g/mol. The van der Waals surface area contributed by atoms with Gasteiger partial charge in [0, 0.05) is 34.4 Å². The number of primary amides is 1. The molecule has 3 aromatic carbocycles. The van der Waals surface area contributed by atoms with E-state index in [1.54, 1.807) is 18.3 Å². The number of hydrogen-bond donors (Lipinski definition) is 1. The quantitative estimate of drug-likeness (QED) is 0.363. The molecule has 0 saturated carbocycles. The van der Waals surface area contributed by atoms with Crippen molar-refractivity contribution in [3.05, 3.63) is 99.1 Å². The normalized spacial score (nSPS) is 11.4. The van der Waals surface area contributed by atoms with Gasteiger partial charge in [0.25, 0.3) is 5.91 Å². The number of rotatable bonds is 5. The summed E-state index contributed by atoms with van der Waals surface area (Å²) in [4.78, 5) is 16.3. The van der Waals surface area contributed by atoms with Gasteiger partial charge < -0.3 is 10.3 Å². The maximum atomic E-state index is 11.8. The SMILES string of the molecule is NC(=O)c1cccc(Br)c1/N=C/c1cn(Cc2ccccc2)c2c(Cl)cccc12. The topological polar surface area (TPSA) is 60.4 Å². The smallest absolute Gasteiger partial charge is 0.250 e. The van der Waals surface area contributed by atoms with Crippen LogP contribution in [0.4, 0.5) is 5.69 Å². The molecule has 0 spiro atoms. The Morgan fingerprint density at radius 3 is 2.59 bits per heavy atom. The number of nitrogens with two attached hydrogens (primary N) is 1. The third kappa shape index (κ3) is 3.97. The summed E-state index contributed by atoms with van der Waals surface area (Å²) in [5.41, 5.74) is 9.39. The van der Waals surface area contributed by atoms with Crippen LogP contribution in [-0.2, 0) is 6.54 Å². The molecule has 0 aliphatic rings. The molecule has 4 aromatic rings. The number of para-hydroxylation sites is 2. The van der Waals surface area contributed by atoms with Crippen LogP contribution in [0.25, 0.3) is 10.9 Å². The Hall–Kier alpha value is -2.89. The predicted octanol–water partition coefficient (Wildman–Crippen LogP) is 5.96. The molecule has 0 radical (unpaired) electrons. The summed E-state index contributed by atoms with van der Waals surface area (Å²) in [7, 11) is 0. The van der Waals surface area contributed by atoms with Crippen LogP contribution in [0.1, 0.15) is 21.5 Å². The molecule has 4 nitrogen and oxygen atoms in total. The Kier molecular flexibility index (Phi) is 5.51. The summed E-state index contributed by atoms with van der Waals surface area (Å²) in [6.07, 6.45) is 3.76. The van der Waals surface area contributed by atoms with Crippen LogP contribution in [0.2, 0.25) is 5.02 Å². The number of aromatic nitrogens is 1. The summed E-state index contributed by atoms with van der Waals surface area (Å²) >= 11 is 9.97. The maximum absolute atomic E-state index is 11.8. The number of amides is 1. The first-order valence-electron chi connectivity index (χ1n) is 8.98. The zero-order valence-electron chi connectivity index (χ0n) is 15.3. The van der Waals surface area contributed by atoms with E-state index in [9.17, 15) is 4.79 Å². The highest BCUT2D eigenvalue weighted by Crippen LogP contribution is 2.31. The van der Waals surface area contributed by atoms with Crippen molar-refractivity contribution in [1.29, 1.82) is 0 Å². The van der Waals surface area contributed by atoms with Crippen LogP contribution < -0.4 is 5.73 Å². The average Bonchev–Trinajstić information content (AvgIpc) is 3.06. The zero-order valence-corrected chi connectivity index (χ0v) is 17.7. The van der Waals surface area contributed by atoms with E-state index in [2.05, 4.69) is 37.6 Å². The second kappa shape index (κ2) is 8.23. The second-order valence-electron chi connectivity index (χ2n) is 6.59. The Labute approximate surface area is 181 Å². The first-order valence-corrected chi connectivity index (χ1v) is 10.2.